The Morgan fingerprint density at radius 1 is 1.61 bits per heavy atom. The van der Waals surface area contributed by atoms with E-state index < -0.39 is 0 Å². The molecule has 1 aromatic rings. The fourth-order valence-corrected chi connectivity index (χ4v) is 2.69. The molecule has 1 heterocycles. The average Bonchev–Trinajstić information content (AvgIpc) is 2.85. The monoisotopic (exact) mass is 329 g/mol. The quantitative estimate of drug-likeness (QED) is 0.836. The van der Waals surface area contributed by atoms with Crippen LogP contribution in [0, 0.1) is 0 Å². The van der Waals surface area contributed by atoms with Gasteiger partial charge < -0.3 is 10.1 Å². The lowest BCUT2D eigenvalue weighted by Gasteiger charge is -2.20. The molecule has 0 bridgehead atoms. The van der Waals surface area contributed by atoms with Crippen LogP contribution in [0.4, 0.5) is 0 Å². The molecule has 2 atom stereocenters. The van der Waals surface area contributed by atoms with Crippen LogP contribution in [-0.2, 0) is 4.74 Å². The van der Waals surface area contributed by atoms with E-state index >= 15 is 0 Å². The maximum Gasteiger partial charge on any atom is 0.252 e. The molecule has 1 fully saturated rings. The molecule has 0 aromatic heterocycles. The lowest BCUT2D eigenvalue weighted by atomic mass is 10.1. The Kier molecular flexibility index (Phi) is 4.70. The third-order valence-electron chi connectivity index (χ3n) is 3.08. The standard InChI is InChI=1S/C13H16BrNO2S/c1-8(12-3-2-6-17-12)15-13(16)10-7-9(18)4-5-11(10)14/h4-5,7-8,12,18H,2-3,6H2,1H3,(H,15,16). The fourth-order valence-electron chi connectivity index (χ4n) is 2.06. The highest BCUT2D eigenvalue weighted by molar-refractivity contribution is 9.10. The lowest BCUT2D eigenvalue weighted by molar-refractivity contribution is 0.0712. The van der Waals surface area contributed by atoms with Crippen LogP contribution >= 0.6 is 28.6 Å². The van der Waals surface area contributed by atoms with Gasteiger partial charge >= 0.3 is 0 Å². The maximum atomic E-state index is 12.2. The van der Waals surface area contributed by atoms with Crippen LogP contribution in [0.1, 0.15) is 30.1 Å². The molecular weight excluding hydrogens is 314 g/mol. The number of nitrogens with one attached hydrogen (secondary N) is 1. The molecule has 1 saturated heterocycles. The van der Waals surface area contributed by atoms with E-state index in [4.69, 9.17) is 4.74 Å². The van der Waals surface area contributed by atoms with Gasteiger partial charge in [-0.15, -0.1) is 12.6 Å². The topological polar surface area (TPSA) is 38.3 Å². The molecular formula is C13H16BrNO2S. The summed E-state index contributed by atoms with van der Waals surface area (Å²) in [4.78, 5) is 12.9. The number of carbonyl (C=O) groups excluding carboxylic acids is 1. The number of thiol groups is 1. The van der Waals surface area contributed by atoms with E-state index in [9.17, 15) is 4.79 Å². The first-order chi connectivity index (χ1) is 8.58. The number of hydrogen-bond donors (Lipinski definition) is 2. The number of hydrogen-bond acceptors (Lipinski definition) is 3. The van der Waals surface area contributed by atoms with E-state index in [-0.39, 0.29) is 18.1 Å². The summed E-state index contributed by atoms with van der Waals surface area (Å²) in [6, 6.07) is 5.45. The molecule has 0 saturated carbocycles. The highest BCUT2D eigenvalue weighted by Gasteiger charge is 2.24. The summed E-state index contributed by atoms with van der Waals surface area (Å²) < 4.78 is 6.34. The Bertz CT molecular complexity index is 447. The molecule has 0 aliphatic carbocycles. The highest BCUT2D eigenvalue weighted by atomic mass is 79.9. The van der Waals surface area contributed by atoms with Gasteiger partial charge in [-0.05, 0) is 53.9 Å². The van der Waals surface area contributed by atoms with Crippen molar-refractivity contribution in [1.82, 2.24) is 5.32 Å². The zero-order valence-electron chi connectivity index (χ0n) is 10.1. The summed E-state index contributed by atoms with van der Waals surface area (Å²) in [7, 11) is 0. The van der Waals surface area contributed by atoms with Crippen LogP contribution in [0.15, 0.2) is 27.6 Å². The molecule has 5 heteroatoms. The summed E-state index contributed by atoms with van der Waals surface area (Å²) in [5.41, 5.74) is 0.604. The molecule has 1 aliphatic heterocycles. The van der Waals surface area contributed by atoms with Crippen LogP contribution in [0.5, 0.6) is 0 Å². The van der Waals surface area contributed by atoms with Crippen molar-refractivity contribution in [2.75, 3.05) is 6.61 Å². The van der Waals surface area contributed by atoms with Gasteiger partial charge in [-0.1, -0.05) is 0 Å². The summed E-state index contributed by atoms with van der Waals surface area (Å²) in [5, 5.41) is 2.98. The van der Waals surface area contributed by atoms with Crippen LogP contribution in [0.2, 0.25) is 0 Å². The Balaban J connectivity index is 2.04. The van der Waals surface area contributed by atoms with Crippen molar-refractivity contribution < 1.29 is 9.53 Å². The number of benzene rings is 1. The van der Waals surface area contributed by atoms with Crippen molar-refractivity contribution >= 4 is 34.5 Å². The normalized spacial score (nSPS) is 20.7. The Hall–Kier alpha value is -0.520. The number of amides is 1. The minimum atomic E-state index is -0.0965. The van der Waals surface area contributed by atoms with Gasteiger partial charge in [0.05, 0.1) is 17.7 Å². The summed E-state index contributed by atoms with van der Waals surface area (Å²) in [6.45, 7) is 2.77. The minimum Gasteiger partial charge on any atom is -0.376 e. The van der Waals surface area contributed by atoms with Crippen LogP contribution in [0.25, 0.3) is 0 Å². The first-order valence-electron chi connectivity index (χ1n) is 5.99. The molecule has 0 radical (unpaired) electrons. The van der Waals surface area contributed by atoms with E-state index in [1.807, 2.05) is 19.1 Å². The second-order valence-corrected chi connectivity index (χ2v) is 5.85. The molecule has 2 unspecified atom stereocenters. The van der Waals surface area contributed by atoms with Crippen molar-refractivity contribution in [3.63, 3.8) is 0 Å². The van der Waals surface area contributed by atoms with E-state index in [0.29, 0.717) is 5.56 Å². The molecule has 1 aromatic carbocycles. The van der Waals surface area contributed by atoms with E-state index in [0.717, 1.165) is 28.8 Å². The van der Waals surface area contributed by atoms with E-state index in [1.165, 1.54) is 0 Å². The van der Waals surface area contributed by atoms with Crippen LogP contribution < -0.4 is 5.32 Å². The van der Waals surface area contributed by atoms with Crippen molar-refractivity contribution in [1.29, 1.82) is 0 Å². The van der Waals surface area contributed by atoms with Crippen molar-refractivity contribution in [3.05, 3.63) is 28.2 Å². The van der Waals surface area contributed by atoms with Gasteiger partial charge in [-0.25, -0.2) is 0 Å². The SMILES string of the molecule is CC(NC(=O)c1cc(S)ccc1Br)C1CCCO1. The van der Waals surface area contributed by atoms with Gasteiger partial charge in [-0.3, -0.25) is 4.79 Å². The molecule has 3 nitrogen and oxygen atoms in total. The van der Waals surface area contributed by atoms with Gasteiger partial charge in [0.2, 0.25) is 0 Å². The zero-order valence-corrected chi connectivity index (χ0v) is 12.6. The van der Waals surface area contributed by atoms with Crippen molar-refractivity contribution in [3.8, 4) is 0 Å². The van der Waals surface area contributed by atoms with Gasteiger partial charge in [0.25, 0.3) is 5.91 Å². The zero-order chi connectivity index (χ0) is 13.1. The molecule has 2 rings (SSSR count). The number of carbonyl (C=O) groups is 1. The lowest BCUT2D eigenvalue weighted by Crippen LogP contribution is -2.40. The van der Waals surface area contributed by atoms with E-state index in [2.05, 4.69) is 33.9 Å². The maximum absolute atomic E-state index is 12.2. The summed E-state index contributed by atoms with van der Waals surface area (Å²) in [6.07, 6.45) is 2.21. The summed E-state index contributed by atoms with van der Waals surface area (Å²) >= 11 is 7.63. The van der Waals surface area contributed by atoms with Crippen molar-refractivity contribution in [2.45, 2.75) is 36.8 Å². The Morgan fingerprint density at radius 3 is 3.06 bits per heavy atom. The van der Waals surface area contributed by atoms with Gasteiger partial charge in [0.15, 0.2) is 0 Å². The fraction of sp³-hybridized carbons (Fsp3) is 0.462. The third kappa shape index (κ3) is 3.28. The Morgan fingerprint density at radius 2 is 2.39 bits per heavy atom. The average molecular weight is 330 g/mol. The number of rotatable bonds is 3. The molecule has 1 amide bonds. The minimum absolute atomic E-state index is 0.0236. The van der Waals surface area contributed by atoms with Gasteiger partial charge in [-0.2, -0.15) is 0 Å². The second kappa shape index (κ2) is 6.08. The van der Waals surface area contributed by atoms with Crippen LogP contribution in [0.3, 0.4) is 0 Å². The first kappa shape index (κ1) is 13.9. The second-order valence-electron chi connectivity index (χ2n) is 4.48. The first-order valence-corrected chi connectivity index (χ1v) is 7.23. The predicted octanol–water partition coefficient (Wildman–Crippen LogP) is 3.04. The molecule has 98 valence electrons. The summed E-state index contributed by atoms with van der Waals surface area (Å²) in [5.74, 6) is -0.0965. The van der Waals surface area contributed by atoms with Gasteiger partial charge in [0.1, 0.15) is 0 Å². The smallest absolute Gasteiger partial charge is 0.252 e. The van der Waals surface area contributed by atoms with Gasteiger partial charge in [0, 0.05) is 16.0 Å². The largest absolute Gasteiger partial charge is 0.376 e. The molecule has 1 N–H and O–H groups in total. The van der Waals surface area contributed by atoms with Crippen LogP contribution in [-0.4, -0.2) is 24.7 Å². The number of halogens is 1. The number of ether oxygens (including phenoxy) is 1. The molecule has 18 heavy (non-hydrogen) atoms. The molecule has 0 spiro atoms. The molecule has 1 aliphatic rings. The third-order valence-corrected chi connectivity index (χ3v) is 4.05. The van der Waals surface area contributed by atoms with Crippen molar-refractivity contribution in [2.24, 2.45) is 0 Å². The Labute approximate surface area is 121 Å². The predicted molar refractivity (Wildman–Crippen MR) is 77.3 cm³/mol. The highest BCUT2D eigenvalue weighted by Crippen LogP contribution is 2.21. The van der Waals surface area contributed by atoms with E-state index in [1.54, 1.807) is 6.07 Å².